The van der Waals surface area contributed by atoms with Gasteiger partial charge in [0.05, 0.1) is 24.6 Å². The summed E-state index contributed by atoms with van der Waals surface area (Å²) in [4.78, 5) is 23.2. The quantitative estimate of drug-likeness (QED) is 0.189. The summed E-state index contributed by atoms with van der Waals surface area (Å²) in [6.45, 7) is 21.4. The number of carbonyl (C=O) groups excluding carboxylic acids is 3. The molecule has 0 saturated carbocycles. The molecule has 22 heavy (non-hydrogen) atoms. The Bertz CT molecular complexity index is 156. The van der Waals surface area contributed by atoms with E-state index in [9.17, 15) is 0 Å². The summed E-state index contributed by atoms with van der Waals surface area (Å²) >= 11 is 0. The maximum Gasteiger partial charge on any atom is 0.0543 e. The molecule has 0 N–H and O–H groups in total. The summed E-state index contributed by atoms with van der Waals surface area (Å²) in [5.41, 5.74) is 0. The van der Waals surface area contributed by atoms with Crippen LogP contribution in [-0.2, 0) is 31.5 Å². The zero-order valence-corrected chi connectivity index (χ0v) is 17.6. The third kappa shape index (κ3) is 28.5. The van der Waals surface area contributed by atoms with Crippen LogP contribution in [0.3, 0.4) is 0 Å². The fraction of sp³-hybridized carbons (Fsp3) is 0.800. The molecule has 0 fully saturated rings. The van der Waals surface area contributed by atoms with Gasteiger partial charge in [0.1, 0.15) is 0 Å². The number of hydrogen-bond donors (Lipinski definition) is 0. The predicted octanol–water partition coefficient (Wildman–Crippen LogP) is 3.04. The van der Waals surface area contributed by atoms with Gasteiger partial charge >= 0.3 is 0 Å². The van der Waals surface area contributed by atoms with Crippen molar-refractivity contribution in [3.63, 3.8) is 0 Å². The molecule has 0 aliphatic carbocycles. The number of rotatable bonds is 10. The molecule has 0 aromatic heterocycles. The van der Waals surface area contributed by atoms with E-state index in [4.69, 9.17) is 19.7 Å². The van der Waals surface area contributed by atoms with Gasteiger partial charge in [-0.25, -0.2) is 0 Å². The first-order chi connectivity index (χ1) is 10.3. The molecule has 0 rings (SSSR count). The van der Waals surface area contributed by atoms with Gasteiger partial charge in [0.25, 0.3) is 0 Å². The molecule has 0 saturated heterocycles. The largest absolute Gasteiger partial charge is 0.656 e. The van der Waals surface area contributed by atoms with E-state index < -0.39 is 0 Å². The number of hydrogen-bond acceptors (Lipinski definition) is 3. The maximum absolute atomic E-state index is 7.75. The second kappa shape index (κ2) is 37.5. The fourth-order valence-corrected chi connectivity index (χ4v) is 5.16. The molecule has 135 valence electrons. The molecule has 0 aromatic rings. The second-order valence-electron chi connectivity index (χ2n) is 4.09. The molecule has 0 aliphatic rings. The topological polar surface area (TPSA) is 65.3 Å². The van der Waals surface area contributed by atoms with E-state index in [1.54, 1.807) is 0 Å². The SMILES string of the molecule is CC[PH+](CC)CC[N-]CC[PH+](CC)CC.[CH-]=O.[CH-]=O.[CH-]=O.[Mn]. The summed E-state index contributed by atoms with van der Waals surface area (Å²) in [7, 11) is -0.0402. The summed E-state index contributed by atoms with van der Waals surface area (Å²) in [6, 6.07) is 0. The second-order valence-corrected chi connectivity index (χ2v) is 10.9. The first-order valence-corrected chi connectivity index (χ1v) is 11.5. The summed E-state index contributed by atoms with van der Waals surface area (Å²) in [6.07, 6.45) is 8.53. The average Bonchev–Trinajstić information content (AvgIpc) is 2.60. The van der Waals surface area contributed by atoms with E-state index >= 15 is 0 Å². The van der Waals surface area contributed by atoms with Gasteiger partial charge in [-0.05, 0) is 43.5 Å². The van der Waals surface area contributed by atoms with Gasteiger partial charge < -0.3 is 19.7 Å². The summed E-state index contributed by atoms with van der Waals surface area (Å²) < 4.78 is 0. The monoisotopic (exact) mass is 392 g/mol. The predicted molar refractivity (Wildman–Crippen MR) is 102 cm³/mol. The van der Waals surface area contributed by atoms with Crippen molar-refractivity contribution in [2.75, 3.05) is 50.1 Å². The van der Waals surface area contributed by atoms with Crippen LogP contribution in [0.15, 0.2) is 0 Å². The molecule has 0 amide bonds. The Hall–Kier alpha value is 0.349. The van der Waals surface area contributed by atoms with Crippen LogP contribution in [0.2, 0.25) is 0 Å². The smallest absolute Gasteiger partial charge is 0.0543 e. The Kier molecular flexibility index (Phi) is 57.7. The molecule has 0 aliphatic heterocycles. The van der Waals surface area contributed by atoms with E-state index in [2.05, 4.69) is 48.1 Å². The molecular formula is C15H33MnNO3P2-2. The van der Waals surface area contributed by atoms with Crippen LogP contribution in [-0.4, -0.2) is 70.4 Å². The normalized spacial score (nSPS) is 8.45. The Balaban J connectivity index is -0.000000122. The van der Waals surface area contributed by atoms with Gasteiger partial charge in [-0.1, -0.05) is 0 Å². The van der Waals surface area contributed by atoms with Crippen molar-refractivity contribution >= 4 is 36.2 Å². The van der Waals surface area contributed by atoms with Crippen molar-refractivity contribution in [3.8, 4) is 0 Å². The zero-order valence-electron chi connectivity index (χ0n) is 14.4. The molecule has 4 nitrogen and oxygen atoms in total. The third-order valence-electron chi connectivity index (χ3n) is 3.25. The zero-order chi connectivity index (χ0) is 17.5. The third-order valence-corrected chi connectivity index (χ3v) is 9.11. The van der Waals surface area contributed by atoms with Crippen molar-refractivity contribution in [1.29, 1.82) is 0 Å². The standard InChI is InChI=1S/C12H28NP2.3CHO.Mn/c1-5-14(6-2)11-9-13-10-12-15(7-3)8-4;3*1-2;/h5-12H2,1-4H3;3*1H;/q4*-1;/p+2. The van der Waals surface area contributed by atoms with Crippen LogP contribution >= 0.6 is 15.8 Å². The van der Waals surface area contributed by atoms with Crippen LogP contribution < -0.4 is 0 Å². The van der Waals surface area contributed by atoms with Crippen LogP contribution in [0.5, 0.6) is 0 Å². The minimum absolute atomic E-state index is 0. The van der Waals surface area contributed by atoms with Gasteiger partial charge in [-0.2, -0.15) is 0 Å². The van der Waals surface area contributed by atoms with Crippen LogP contribution in [0.25, 0.3) is 5.32 Å². The molecule has 0 atom stereocenters. The molecule has 0 aromatic carbocycles. The molecule has 0 bridgehead atoms. The molecular weight excluding hydrogens is 359 g/mol. The first kappa shape index (κ1) is 33.8. The maximum atomic E-state index is 7.75. The van der Waals surface area contributed by atoms with Gasteiger partial charge in [0.2, 0.25) is 0 Å². The van der Waals surface area contributed by atoms with E-state index in [-0.39, 0.29) is 32.9 Å². The van der Waals surface area contributed by atoms with Crippen molar-refractivity contribution in [3.05, 3.63) is 5.32 Å². The molecule has 0 spiro atoms. The fourth-order valence-electron chi connectivity index (χ4n) is 1.79. The van der Waals surface area contributed by atoms with E-state index in [1.165, 1.54) is 37.0 Å². The molecule has 1 radical (unpaired) electrons. The van der Waals surface area contributed by atoms with Crippen LogP contribution in [0.4, 0.5) is 0 Å². The van der Waals surface area contributed by atoms with E-state index in [1.807, 2.05) is 0 Å². The average molecular weight is 392 g/mol. The van der Waals surface area contributed by atoms with Gasteiger partial charge in [-0.15, -0.1) is 13.1 Å². The summed E-state index contributed by atoms with van der Waals surface area (Å²) in [5, 5.41) is 4.69. The molecule has 7 heteroatoms. The van der Waals surface area contributed by atoms with Crippen molar-refractivity contribution < 1.29 is 31.5 Å². The van der Waals surface area contributed by atoms with Gasteiger partial charge in [-0.3, -0.25) is 20.4 Å². The molecule has 0 unspecified atom stereocenters. The van der Waals surface area contributed by atoms with E-state index in [0.29, 0.717) is 0 Å². The van der Waals surface area contributed by atoms with Crippen molar-refractivity contribution in [2.24, 2.45) is 0 Å². The Morgan fingerprint density at radius 2 is 0.864 bits per heavy atom. The van der Waals surface area contributed by atoms with Crippen molar-refractivity contribution in [2.45, 2.75) is 27.7 Å². The van der Waals surface area contributed by atoms with E-state index in [0.717, 1.165) is 13.1 Å². The Labute approximate surface area is 150 Å². The summed E-state index contributed by atoms with van der Waals surface area (Å²) in [5.74, 6) is 0. The first-order valence-electron chi connectivity index (χ1n) is 7.29. The van der Waals surface area contributed by atoms with Crippen LogP contribution in [0, 0.1) is 0 Å². The minimum atomic E-state index is -0.0201. The molecule has 0 heterocycles. The Morgan fingerprint density at radius 3 is 1.05 bits per heavy atom. The van der Waals surface area contributed by atoms with Crippen LogP contribution in [0.1, 0.15) is 27.7 Å². The Morgan fingerprint density at radius 1 is 0.636 bits per heavy atom. The number of nitrogens with zero attached hydrogens (tertiary/aromatic N) is 1. The minimum Gasteiger partial charge on any atom is -0.656 e. The van der Waals surface area contributed by atoms with Crippen molar-refractivity contribution in [1.82, 2.24) is 0 Å². The van der Waals surface area contributed by atoms with Gasteiger partial charge in [0.15, 0.2) is 0 Å². The van der Waals surface area contributed by atoms with Gasteiger partial charge in [0, 0.05) is 29.4 Å².